The highest BCUT2D eigenvalue weighted by Crippen LogP contribution is 2.49. The van der Waals surface area contributed by atoms with E-state index in [4.69, 9.17) is 21.6 Å². The summed E-state index contributed by atoms with van der Waals surface area (Å²) in [7, 11) is 1.90. The van der Waals surface area contributed by atoms with E-state index in [1.807, 2.05) is 37.8 Å². The Labute approximate surface area is 173 Å². The summed E-state index contributed by atoms with van der Waals surface area (Å²) in [5, 5.41) is 6.08. The van der Waals surface area contributed by atoms with Gasteiger partial charge in [-0.05, 0) is 37.2 Å². The number of rotatable bonds is 2. The number of H-pyrrole nitrogens is 1. The number of anilines is 1. The van der Waals surface area contributed by atoms with Gasteiger partial charge in [-0.1, -0.05) is 24.1 Å². The highest BCUT2D eigenvalue weighted by Gasteiger charge is 2.39. The topological polar surface area (TPSA) is 62.6 Å². The van der Waals surface area contributed by atoms with Gasteiger partial charge in [0.1, 0.15) is 11.3 Å². The number of nitrogens with zero attached hydrogens (tertiary/aromatic N) is 5. The Morgan fingerprint density at radius 3 is 2.69 bits per heavy atom. The molecule has 6 rings (SSSR count). The summed E-state index contributed by atoms with van der Waals surface area (Å²) < 4.78 is 1.79. The van der Waals surface area contributed by atoms with Gasteiger partial charge in [0.15, 0.2) is 5.65 Å². The van der Waals surface area contributed by atoms with Crippen LogP contribution in [0.3, 0.4) is 0 Å². The smallest absolute Gasteiger partial charge is 0.159 e. The first kappa shape index (κ1) is 17.3. The molecule has 2 aliphatic rings. The third-order valence-electron chi connectivity index (χ3n) is 6.96. The fraction of sp³-hybridized carbons (Fsp3) is 0.409. The third-order valence-corrected chi connectivity index (χ3v) is 7.37. The highest BCUT2D eigenvalue weighted by molar-refractivity contribution is 6.38. The van der Waals surface area contributed by atoms with Gasteiger partial charge in [-0.3, -0.25) is 4.68 Å². The van der Waals surface area contributed by atoms with Gasteiger partial charge in [0.25, 0.3) is 0 Å². The summed E-state index contributed by atoms with van der Waals surface area (Å²) in [5.41, 5.74) is 5.11. The molecule has 1 saturated carbocycles. The summed E-state index contributed by atoms with van der Waals surface area (Å²) in [6.07, 6.45) is 12.6. The molecule has 0 radical (unpaired) electrons. The maximum Gasteiger partial charge on any atom is 0.159 e. The minimum atomic E-state index is 0.634. The molecule has 4 heterocycles. The van der Waals surface area contributed by atoms with Crippen LogP contribution < -0.4 is 4.90 Å². The molecule has 1 aliphatic carbocycles. The average Bonchev–Trinajstić information content (AvgIpc) is 3.30. The van der Waals surface area contributed by atoms with Crippen LogP contribution in [0.25, 0.3) is 33.2 Å². The van der Waals surface area contributed by atoms with E-state index in [1.165, 1.54) is 32.1 Å². The van der Waals surface area contributed by atoms with Crippen molar-refractivity contribution in [2.75, 3.05) is 18.0 Å². The largest absolute Gasteiger partial charge is 0.355 e. The van der Waals surface area contributed by atoms with Crippen LogP contribution in [0.5, 0.6) is 0 Å². The Balaban J connectivity index is 1.35. The molecule has 6 nitrogen and oxygen atoms in total. The summed E-state index contributed by atoms with van der Waals surface area (Å²) in [6, 6.07) is 4.01. The molecule has 1 N–H and O–H groups in total. The first-order valence-corrected chi connectivity index (χ1v) is 10.7. The Hall–Kier alpha value is -2.60. The number of halogens is 1. The number of piperidine rings is 1. The van der Waals surface area contributed by atoms with E-state index in [2.05, 4.69) is 15.0 Å². The monoisotopic (exact) mass is 406 g/mol. The van der Waals surface area contributed by atoms with Gasteiger partial charge in [-0.2, -0.15) is 5.10 Å². The zero-order valence-electron chi connectivity index (χ0n) is 16.5. The van der Waals surface area contributed by atoms with Gasteiger partial charge < -0.3 is 9.88 Å². The predicted octanol–water partition coefficient (Wildman–Crippen LogP) is 4.94. The van der Waals surface area contributed by atoms with E-state index < -0.39 is 0 Å². The van der Waals surface area contributed by atoms with Gasteiger partial charge in [0.05, 0.1) is 16.7 Å². The molecule has 1 spiro atoms. The normalized spacial score (nSPS) is 18.6. The molecule has 0 atom stereocenters. The zero-order chi connectivity index (χ0) is 19.6. The van der Waals surface area contributed by atoms with Crippen molar-refractivity contribution in [3.63, 3.8) is 0 Å². The number of aromatic amines is 1. The number of hydrogen-bond donors (Lipinski definition) is 1. The fourth-order valence-electron chi connectivity index (χ4n) is 5.02. The van der Waals surface area contributed by atoms with Gasteiger partial charge in [-0.15, -0.1) is 0 Å². The van der Waals surface area contributed by atoms with Gasteiger partial charge >= 0.3 is 0 Å². The second-order valence-electron chi connectivity index (χ2n) is 8.63. The molecular formula is C22H23ClN6. The number of benzene rings is 1. The number of nitrogens with one attached hydrogen (secondary N) is 1. The van der Waals surface area contributed by atoms with Gasteiger partial charge in [0, 0.05) is 49.0 Å². The van der Waals surface area contributed by atoms with E-state index in [0.29, 0.717) is 10.4 Å². The molecular weight excluding hydrogens is 384 g/mol. The first-order chi connectivity index (χ1) is 14.1. The van der Waals surface area contributed by atoms with Crippen LogP contribution in [0.2, 0.25) is 5.02 Å². The van der Waals surface area contributed by atoms with E-state index in [0.717, 1.165) is 52.1 Å². The van der Waals surface area contributed by atoms with Crippen LogP contribution in [-0.2, 0) is 7.05 Å². The molecule has 1 aliphatic heterocycles. The standard InChI is InChI=1S/C22H23ClN6/c1-28-13-16-17(27-28)4-3-14(19(16)23)15-11-25-21-20(15)24-12-18(26-21)29-9-7-22(8-10-29)5-2-6-22/h3-4,11-13H,2,5-10H2,1H3,(H,25,26). The lowest BCUT2D eigenvalue weighted by Crippen LogP contribution is -2.43. The predicted molar refractivity (Wildman–Crippen MR) is 116 cm³/mol. The molecule has 0 unspecified atom stereocenters. The molecule has 4 aromatic rings. The third kappa shape index (κ3) is 2.65. The van der Waals surface area contributed by atoms with Crippen LogP contribution >= 0.6 is 11.6 Å². The summed E-state index contributed by atoms with van der Waals surface area (Å²) in [4.78, 5) is 15.3. The lowest BCUT2D eigenvalue weighted by atomic mass is 9.63. The Morgan fingerprint density at radius 2 is 1.93 bits per heavy atom. The molecule has 7 heteroatoms. The Kier molecular flexibility index (Phi) is 3.69. The van der Waals surface area contributed by atoms with E-state index in [9.17, 15) is 0 Å². The molecule has 0 amide bonds. The fourth-order valence-corrected chi connectivity index (χ4v) is 5.33. The lowest BCUT2D eigenvalue weighted by Gasteiger charge is -2.48. The SMILES string of the molecule is Cn1cc2c(Cl)c(-c3c[nH]c4nc(N5CCC6(CCC6)CC5)cnc34)ccc2n1. The molecule has 2 fully saturated rings. The van der Waals surface area contributed by atoms with E-state index in [-0.39, 0.29) is 0 Å². The van der Waals surface area contributed by atoms with Crippen LogP contribution in [0.1, 0.15) is 32.1 Å². The molecule has 29 heavy (non-hydrogen) atoms. The van der Waals surface area contributed by atoms with Crippen LogP contribution in [0.15, 0.2) is 30.7 Å². The zero-order valence-corrected chi connectivity index (χ0v) is 17.2. The maximum absolute atomic E-state index is 6.72. The van der Waals surface area contributed by atoms with Crippen molar-refractivity contribution < 1.29 is 0 Å². The molecule has 148 valence electrons. The first-order valence-electron chi connectivity index (χ1n) is 10.3. The van der Waals surface area contributed by atoms with Crippen molar-refractivity contribution in [2.45, 2.75) is 32.1 Å². The molecule has 1 saturated heterocycles. The average molecular weight is 407 g/mol. The van der Waals surface area contributed by atoms with E-state index >= 15 is 0 Å². The van der Waals surface area contributed by atoms with Gasteiger partial charge in [-0.25, -0.2) is 9.97 Å². The van der Waals surface area contributed by atoms with Gasteiger partial charge in [0.2, 0.25) is 0 Å². The quantitative estimate of drug-likeness (QED) is 0.512. The Morgan fingerprint density at radius 1 is 1.10 bits per heavy atom. The van der Waals surface area contributed by atoms with Crippen LogP contribution in [-0.4, -0.2) is 37.8 Å². The minimum Gasteiger partial charge on any atom is -0.355 e. The van der Waals surface area contributed by atoms with Crippen molar-refractivity contribution in [1.82, 2.24) is 24.7 Å². The second kappa shape index (κ2) is 6.20. The number of hydrogen-bond acceptors (Lipinski definition) is 4. The summed E-state index contributed by atoms with van der Waals surface area (Å²) in [6.45, 7) is 2.16. The molecule has 1 aromatic carbocycles. The van der Waals surface area contributed by atoms with Crippen LogP contribution in [0.4, 0.5) is 5.82 Å². The van der Waals surface area contributed by atoms with Crippen molar-refractivity contribution in [3.8, 4) is 11.1 Å². The summed E-state index contributed by atoms with van der Waals surface area (Å²) >= 11 is 6.72. The van der Waals surface area contributed by atoms with Crippen molar-refractivity contribution in [3.05, 3.63) is 35.7 Å². The van der Waals surface area contributed by atoms with Crippen LogP contribution in [0, 0.1) is 5.41 Å². The summed E-state index contributed by atoms with van der Waals surface area (Å²) in [5.74, 6) is 0.967. The second-order valence-corrected chi connectivity index (χ2v) is 9.01. The highest BCUT2D eigenvalue weighted by atomic mass is 35.5. The number of aryl methyl sites for hydroxylation is 1. The molecule has 3 aromatic heterocycles. The maximum atomic E-state index is 6.72. The van der Waals surface area contributed by atoms with Crippen molar-refractivity contribution in [1.29, 1.82) is 0 Å². The van der Waals surface area contributed by atoms with Crippen molar-refractivity contribution in [2.24, 2.45) is 12.5 Å². The Bertz CT molecular complexity index is 1230. The lowest BCUT2D eigenvalue weighted by molar-refractivity contribution is 0.0953. The van der Waals surface area contributed by atoms with E-state index in [1.54, 1.807) is 4.68 Å². The number of fused-ring (bicyclic) bond motifs is 2. The van der Waals surface area contributed by atoms with Crippen molar-refractivity contribution >= 4 is 39.5 Å². The number of aromatic nitrogens is 5. The minimum absolute atomic E-state index is 0.634. The molecule has 0 bridgehead atoms.